The first kappa shape index (κ1) is 11.6. The summed E-state index contributed by atoms with van der Waals surface area (Å²) < 4.78 is 4.62. The highest BCUT2D eigenvalue weighted by Crippen LogP contribution is 2.20. The molecule has 7 heteroatoms. The van der Waals surface area contributed by atoms with Crippen molar-refractivity contribution in [3.63, 3.8) is 0 Å². The lowest BCUT2D eigenvalue weighted by atomic mass is 10.4. The van der Waals surface area contributed by atoms with Crippen LogP contribution in [-0.2, 0) is 13.6 Å². The maximum absolute atomic E-state index is 5.37. The molecule has 0 aromatic carbocycles. The second kappa shape index (κ2) is 4.03. The van der Waals surface area contributed by atoms with Crippen LogP contribution in [-0.4, -0.2) is 24.3 Å². The van der Waals surface area contributed by atoms with E-state index in [9.17, 15) is 0 Å². The van der Waals surface area contributed by atoms with E-state index in [0.29, 0.717) is 11.3 Å². The van der Waals surface area contributed by atoms with Crippen LogP contribution in [0, 0.1) is 18.6 Å². The van der Waals surface area contributed by atoms with Crippen LogP contribution in [0.25, 0.3) is 11.2 Å². The van der Waals surface area contributed by atoms with Crippen molar-refractivity contribution in [2.75, 3.05) is 0 Å². The van der Waals surface area contributed by atoms with Crippen molar-refractivity contribution in [3.8, 4) is 0 Å². The highest BCUT2D eigenvalue weighted by atomic mass is 32.1. The molecule has 0 aliphatic carbocycles. The van der Waals surface area contributed by atoms with Crippen LogP contribution in [0.3, 0.4) is 0 Å². The van der Waals surface area contributed by atoms with Gasteiger partial charge < -0.3 is 4.98 Å². The van der Waals surface area contributed by atoms with Gasteiger partial charge in [0.05, 0.1) is 12.2 Å². The predicted molar refractivity (Wildman–Crippen MR) is 74.6 cm³/mol. The molecule has 0 atom stereocenters. The van der Waals surface area contributed by atoms with Crippen LogP contribution in [0.1, 0.15) is 15.6 Å². The van der Waals surface area contributed by atoms with Crippen molar-refractivity contribution < 1.29 is 0 Å². The predicted octanol–water partition coefficient (Wildman–Crippen LogP) is 2.55. The molecule has 18 heavy (non-hydrogen) atoms. The Morgan fingerprint density at radius 2 is 2.22 bits per heavy atom. The minimum absolute atomic E-state index is 0.691. The molecule has 0 amide bonds. The number of aromatic nitrogens is 5. The molecule has 3 heterocycles. The molecule has 5 nitrogen and oxygen atoms in total. The number of nitrogens with zero attached hydrogens (tertiary/aromatic N) is 4. The zero-order valence-electron chi connectivity index (χ0n) is 10.4. The van der Waals surface area contributed by atoms with Gasteiger partial charge in [-0.05, 0) is 26.1 Å². The number of thiazole rings is 1. The summed E-state index contributed by atoms with van der Waals surface area (Å²) in [4.78, 5) is 8.81. The molecule has 0 bridgehead atoms. The summed E-state index contributed by atoms with van der Waals surface area (Å²) in [5.41, 5.74) is 2.99. The minimum atomic E-state index is 0.691. The monoisotopic (exact) mass is 279 g/mol. The van der Waals surface area contributed by atoms with Crippen LogP contribution in [0.15, 0.2) is 6.20 Å². The Balaban J connectivity index is 2.16. The highest BCUT2D eigenvalue weighted by Gasteiger charge is 2.13. The number of rotatable bonds is 2. The van der Waals surface area contributed by atoms with Gasteiger partial charge in [-0.15, -0.1) is 11.3 Å². The maximum Gasteiger partial charge on any atom is 0.179 e. The van der Waals surface area contributed by atoms with E-state index in [4.69, 9.17) is 12.2 Å². The second-order valence-electron chi connectivity index (χ2n) is 4.29. The van der Waals surface area contributed by atoms with Crippen LogP contribution in [0.4, 0.5) is 0 Å². The molecule has 0 radical (unpaired) electrons. The minimum Gasteiger partial charge on any atom is -0.328 e. The fourth-order valence-corrected chi connectivity index (χ4v) is 3.16. The molecule has 0 aliphatic rings. The van der Waals surface area contributed by atoms with E-state index in [-0.39, 0.29) is 0 Å². The molecule has 0 saturated carbocycles. The summed E-state index contributed by atoms with van der Waals surface area (Å²) in [7, 11) is 1.93. The van der Waals surface area contributed by atoms with Crippen LogP contribution in [0.2, 0.25) is 0 Å². The molecule has 0 unspecified atom stereocenters. The van der Waals surface area contributed by atoms with Gasteiger partial charge in [-0.2, -0.15) is 5.10 Å². The molecule has 94 valence electrons. The van der Waals surface area contributed by atoms with Gasteiger partial charge in [-0.25, -0.2) is 4.98 Å². The lowest BCUT2D eigenvalue weighted by molar-refractivity contribution is 0.713. The Morgan fingerprint density at radius 1 is 1.44 bits per heavy atom. The fourth-order valence-electron chi connectivity index (χ4n) is 2.13. The van der Waals surface area contributed by atoms with Crippen molar-refractivity contribution in [1.82, 2.24) is 24.3 Å². The normalized spacial score (nSPS) is 11.5. The third-order valence-electron chi connectivity index (χ3n) is 2.89. The number of H-pyrrole nitrogens is 1. The number of imidazole rings is 1. The largest absolute Gasteiger partial charge is 0.328 e. The summed E-state index contributed by atoms with van der Waals surface area (Å²) in [6.45, 7) is 4.73. The Kier molecular flexibility index (Phi) is 2.60. The van der Waals surface area contributed by atoms with E-state index >= 15 is 0 Å². The number of hydrogen-bond donors (Lipinski definition) is 1. The highest BCUT2D eigenvalue weighted by molar-refractivity contribution is 7.71. The molecule has 3 aromatic heterocycles. The molecule has 0 fully saturated rings. The molecule has 0 spiro atoms. The van der Waals surface area contributed by atoms with E-state index in [0.717, 1.165) is 21.9 Å². The summed E-state index contributed by atoms with van der Waals surface area (Å²) in [6.07, 6.45) is 1.89. The van der Waals surface area contributed by atoms with Crippen molar-refractivity contribution in [3.05, 3.63) is 26.5 Å². The maximum atomic E-state index is 5.37. The summed E-state index contributed by atoms with van der Waals surface area (Å²) in [5.74, 6) is 0. The number of fused-ring (bicyclic) bond motifs is 1. The Labute approximate surface area is 113 Å². The standard InChI is InChI=1S/C11H13N5S2/c1-6-4-12-8(18-6)5-16-10-9(13-11(16)17)7(2)14-15(10)3/h4H,5H2,1-3H3,(H,13,17). The van der Waals surface area contributed by atoms with Crippen LogP contribution >= 0.6 is 23.6 Å². The first-order valence-corrected chi connectivity index (χ1v) is 6.82. The number of nitrogens with one attached hydrogen (secondary N) is 1. The molecular formula is C11H13N5S2. The topological polar surface area (TPSA) is 51.4 Å². The molecule has 0 saturated heterocycles. The lowest BCUT2D eigenvalue weighted by Crippen LogP contribution is -2.04. The Hall–Kier alpha value is -1.47. The van der Waals surface area contributed by atoms with E-state index in [1.165, 1.54) is 4.88 Å². The summed E-state index contributed by atoms with van der Waals surface area (Å²) >= 11 is 7.07. The van der Waals surface area contributed by atoms with Crippen LogP contribution in [0.5, 0.6) is 0 Å². The number of aryl methyl sites for hydroxylation is 3. The molecule has 0 aliphatic heterocycles. The van der Waals surface area contributed by atoms with E-state index in [1.807, 2.05) is 29.4 Å². The van der Waals surface area contributed by atoms with Crippen molar-refractivity contribution >= 4 is 34.7 Å². The van der Waals surface area contributed by atoms with Gasteiger partial charge in [0.25, 0.3) is 0 Å². The van der Waals surface area contributed by atoms with Gasteiger partial charge in [0, 0.05) is 18.1 Å². The van der Waals surface area contributed by atoms with E-state index < -0.39 is 0 Å². The SMILES string of the molecule is Cc1cnc(Cn2c(=S)[nH]c3c(C)nn(C)c32)s1. The molecular weight excluding hydrogens is 266 g/mol. The average molecular weight is 279 g/mol. The quantitative estimate of drug-likeness (QED) is 0.733. The van der Waals surface area contributed by atoms with Gasteiger partial charge in [-0.1, -0.05) is 0 Å². The van der Waals surface area contributed by atoms with Gasteiger partial charge >= 0.3 is 0 Å². The first-order valence-electron chi connectivity index (χ1n) is 5.59. The third kappa shape index (κ3) is 1.70. The van der Waals surface area contributed by atoms with Gasteiger partial charge in [0.2, 0.25) is 0 Å². The van der Waals surface area contributed by atoms with E-state index in [2.05, 4.69) is 22.0 Å². The Morgan fingerprint density at radius 3 is 2.89 bits per heavy atom. The molecule has 3 rings (SSSR count). The molecule has 1 N–H and O–H groups in total. The third-order valence-corrected chi connectivity index (χ3v) is 4.11. The smallest absolute Gasteiger partial charge is 0.179 e. The van der Waals surface area contributed by atoms with Crippen LogP contribution < -0.4 is 0 Å². The Bertz CT molecular complexity index is 773. The van der Waals surface area contributed by atoms with Gasteiger partial charge in [0.15, 0.2) is 10.4 Å². The van der Waals surface area contributed by atoms with E-state index in [1.54, 1.807) is 11.3 Å². The summed E-state index contributed by atoms with van der Waals surface area (Å²) in [6, 6.07) is 0. The first-order chi connectivity index (χ1) is 8.56. The second-order valence-corrected chi connectivity index (χ2v) is 5.99. The number of aromatic amines is 1. The van der Waals surface area contributed by atoms with Crippen molar-refractivity contribution in [2.45, 2.75) is 20.4 Å². The van der Waals surface area contributed by atoms with Crippen molar-refractivity contribution in [2.24, 2.45) is 7.05 Å². The zero-order chi connectivity index (χ0) is 12.9. The fraction of sp³-hybridized carbons (Fsp3) is 0.364. The lowest BCUT2D eigenvalue weighted by Gasteiger charge is -2.01. The van der Waals surface area contributed by atoms with Gasteiger partial charge in [-0.3, -0.25) is 9.25 Å². The van der Waals surface area contributed by atoms with Crippen molar-refractivity contribution in [1.29, 1.82) is 0 Å². The number of hydrogen-bond acceptors (Lipinski definition) is 4. The average Bonchev–Trinajstić information content (AvgIpc) is 2.91. The van der Waals surface area contributed by atoms with Gasteiger partial charge in [0.1, 0.15) is 10.5 Å². The summed E-state index contributed by atoms with van der Waals surface area (Å²) in [5, 5.41) is 5.46. The zero-order valence-corrected chi connectivity index (χ0v) is 12.0. The molecule has 3 aromatic rings.